The molecule has 0 saturated carbocycles. The van der Waals surface area contributed by atoms with Gasteiger partial charge in [-0.05, 0) is 29.3 Å². The number of aromatic nitrogens is 2. The fraction of sp³-hybridized carbons (Fsp3) is 0.107. The lowest BCUT2D eigenvalue weighted by Gasteiger charge is -2.32. The molecule has 2 heterocycles. The summed E-state index contributed by atoms with van der Waals surface area (Å²) in [6.45, 7) is 1.51. The number of benzene rings is 3. The first-order valence-electron chi connectivity index (χ1n) is 11.2. The van der Waals surface area contributed by atoms with Crippen LogP contribution in [0, 0.1) is 0 Å². The Hall–Kier alpha value is -4.45. The third kappa shape index (κ3) is 4.26. The van der Waals surface area contributed by atoms with Gasteiger partial charge in [0.2, 0.25) is 11.8 Å². The fourth-order valence-corrected chi connectivity index (χ4v) is 4.27. The van der Waals surface area contributed by atoms with Crippen LogP contribution in [0.25, 0.3) is 23.0 Å². The minimum atomic E-state index is -0.375. The lowest BCUT2D eigenvalue weighted by molar-refractivity contribution is -0.129. The minimum Gasteiger partial charge on any atom is -0.311 e. The molecule has 0 bridgehead atoms. The first-order chi connectivity index (χ1) is 16.6. The largest absolute Gasteiger partial charge is 0.311 e. The van der Waals surface area contributed by atoms with E-state index in [1.165, 1.54) is 6.92 Å². The van der Waals surface area contributed by atoms with Crippen LogP contribution in [0.2, 0.25) is 0 Å². The molecule has 0 fully saturated rings. The van der Waals surface area contributed by atoms with Crippen molar-refractivity contribution in [2.45, 2.75) is 19.4 Å². The molecule has 1 aliphatic rings. The van der Waals surface area contributed by atoms with Crippen molar-refractivity contribution in [1.29, 1.82) is 0 Å². The van der Waals surface area contributed by atoms with Crippen molar-refractivity contribution in [3.8, 4) is 16.9 Å². The van der Waals surface area contributed by atoms with E-state index in [0.717, 1.165) is 28.1 Å². The fourth-order valence-electron chi connectivity index (χ4n) is 4.27. The number of fused-ring (bicyclic) bond motifs is 1. The van der Waals surface area contributed by atoms with E-state index in [1.807, 2.05) is 97.1 Å². The molecular weight excluding hydrogens is 424 g/mol. The predicted molar refractivity (Wildman–Crippen MR) is 133 cm³/mol. The summed E-state index contributed by atoms with van der Waals surface area (Å²) >= 11 is 0. The first-order valence-corrected chi connectivity index (χ1v) is 11.2. The minimum absolute atomic E-state index is 0.107. The van der Waals surface area contributed by atoms with Gasteiger partial charge in [0.1, 0.15) is 5.82 Å². The van der Waals surface area contributed by atoms with Crippen LogP contribution in [0.4, 0.5) is 5.82 Å². The third-order valence-corrected chi connectivity index (χ3v) is 5.90. The van der Waals surface area contributed by atoms with E-state index < -0.39 is 0 Å². The van der Waals surface area contributed by atoms with Crippen LogP contribution < -0.4 is 5.32 Å². The molecule has 0 spiro atoms. The monoisotopic (exact) mass is 448 g/mol. The van der Waals surface area contributed by atoms with Gasteiger partial charge in [0.25, 0.3) is 0 Å². The zero-order valence-corrected chi connectivity index (χ0v) is 18.8. The van der Waals surface area contributed by atoms with Crippen LogP contribution in [-0.4, -0.2) is 26.5 Å². The Bertz CT molecular complexity index is 1360. The highest BCUT2D eigenvalue weighted by molar-refractivity contribution is 5.92. The lowest BCUT2D eigenvalue weighted by Crippen LogP contribution is -2.33. The van der Waals surface area contributed by atoms with Crippen LogP contribution >= 0.6 is 0 Å². The summed E-state index contributed by atoms with van der Waals surface area (Å²) in [6, 6.07) is 28.9. The summed E-state index contributed by atoms with van der Waals surface area (Å²) in [6.07, 6.45) is 3.79. The quantitative estimate of drug-likeness (QED) is 0.442. The average Bonchev–Trinajstić information content (AvgIpc) is 3.28. The highest BCUT2D eigenvalue weighted by Gasteiger charge is 2.28. The van der Waals surface area contributed by atoms with E-state index in [2.05, 4.69) is 5.32 Å². The van der Waals surface area contributed by atoms with Gasteiger partial charge < -0.3 is 10.2 Å². The Balaban J connectivity index is 1.46. The van der Waals surface area contributed by atoms with Crippen molar-refractivity contribution < 1.29 is 9.59 Å². The number of rotatable bonds is 5. The number of carbonyl (C=O) groups excluding carboxylic acids is 2. The van der Waals surface area contributed by atoms with Gasteiger partial charge >= 0.3 is 0 Å². The number of amides is 2. The van der Waals surface area contributed by atoms with Gasteiger partial charge in [-0.1, -0.05) is 72.8 Å². The number of carbonyl (C=O) groups is 2. The number of nitrogens with zero attached hydrogens (tertiary/aromatic N) is 3. The van der Waals surface area contributed by atoms with Gasteiger partial charge in [0.05, 0.1) is 23.8 Å². The summed E-state index contributed by atoms with van der Waals surface area (Å²) in [7, 11) is 0. The van der Waals surface area contributed by atoms with Gasteiger partial charge in [-0.2, -0.15) is 5.10 Å². The maximum absolute atomic E-state index is 13.3. The Morgan fingerprint density at radius 2 is 1.59 bits per heavy atom. The van der Waals surface area contributed by atoms with Crippen LogP contribution in [0.3, 0.4) is 0 Å². The second-order valence-corrected chi connectivity index (χ2v) is 8.17. The normalized spacial score (nSPS) is 14.5. The van der Waals surface area contributed by atoms with Crippen LogP contribution in [0.5, 0.6) is 0 Å². The molecule has 1 atom stereocenters. The maximum atomic E-state index is 13.3. The van der Waals surface area contributed by atoms with Crippen molar-refractivity contribution in [2.24, 2.45) is 0 Å². The topological polar surface area (TPSA) is 67.2 Å². The molecule has 1 N–H and O–H groups in total. The number of hydrogen-bond acceptors (Lipinski definition) is 3. The molecule has 6 heteroatoms. The molecule has 168 valence electrons. The van der Waals surface area contributed by atoms with E-state index >= 15 is 0 Å². The molecular formula is C28H24N4O2. The molecule has 2 amide bonds. The molecule has 3 aromatic carbocycles. The van der Waals surface area contributed by atoms with Crippen molar-refractivity contribution in [2.75, 3.05) is 5.32 Å². The average molecular weight is 449 g/mol. The molecule has 1 aliphatic heterocycles. The maximum Gasteiger partial charge on any atom is 0.227 e. The summed E-state index contributed by atoms with van der Waals surface area (Å²) in [4.78, 5) is 27.2. The number of anilines is 1. The van der Waals surface area contributed by atoms with Gasteiger partial charge in [-0.3, -0.25) is 9.59 Å². The summed E-state index contributed by atoms with van der Waals surface area (Å²) in [5.74, 6) is 0.270. The van der Waals surface area contributed by atoms with E-state index in [0.29, 0.717) is 5.82 Å². The number of para-hydroxylation sites is 1. The molecule has 0 radical (unpaired) electrons. The Morgan fingerprint density at radius 3 is 2.32 bits per heavy atom. The molecule has 4 aromatic rings. The van der Waals surface area contributed by atoms with Crippen molar-refractivity contribution >= 4 is 23.7 Å². The molecule has 0 aliphatic carbocycles. The van der Waals surface area contributed by atoms with Gasteiger partial charge in [0.15, 0.2) is 0 Å². The Kier molecular flexibility index (Phi) is 5.79. The van der Waals surface area contributed by atoms with Crippen molar-refractivity contribution in [1.82, 2.24) is 14.7 Å². The SMILES string of the molecule is CC(=O)N1C=Cc2ccccc2C1CC(=O)Nc1cc(-c2ccccc2)nn1-c1ccccc1. The van der Waals surface area contributed by atoms with E-state index in [9.17, 15) is 9.59 Å². The van der Waals surface area contributed by atoms with E-state index in [-0.39, 0.29) is 24.3 Å². The standard InChI is InChI=1S/C28H24N4O2/c1-20(33)31-17-16-21-10-8-9-15-24(21)26(31)19-28(34)29-27-18-25(22-11-4-2-5-12-22)30-32(27)23-13-6-3-7-14-23/h2-18,26H,19H2,1H3,(H,29,34). The number of hydrogen-bond donors (Lipinski definition) is 1. The van der Waals surface area contributed by atoms with E-state index in [1.54, 1.807) is 15.8 Å². The van der Waals surface area contributed by atoms with Gasteiger partial charge in [-0.25, -0.2) is 4.68 Å². The first kappa shape index (κ1) is 21.4. The van der Waals surface area contributed by atoms with Crippen molar-refractivity contribution in [3.05, 3.63) is 108 Å². The molecule has 0 saturated heterocycles. The molecule has 5 rings (SSSR count). The molecule has 6 nitrogen and oxygen atoms in total. The Morgan fingerprint density at radius 1 is 0.912 bits per heavy atom. The second-order valence-electron chi connectivity index (χ2n) is 8.17. The highest BCUT2D eigenvalue weighted by atomic mass is 16.2. The van der Waals surface area contributed by atoms with Crippen LogP contribution in [0.1, 0.15) is 30.5 Å². The molecule has 1 unspecified atom stereocenters. The zero-order valence-electron chi connectivity index (χ0n) is 18.8. The molecule has 34 heavy (non-hydrogen) atoms. The molecule has 1 aromatic heterocycles. The van der Waals surface area contributed by atoms with E-state index in [4.69, 9.17) is 5.10 Å². The smallest absolute Gasteiger partial charge is 0.227 e. The number of nitrogens with one attached hydrogen (secondary N) is 1. The van der Waals surface area contributed by atoms with Crippen LogP contribution in [0.15, 0.2) is 97.2 Å². The van der Waals surface area contributed by atoms with Gasteiger partial charge in [0, 0.05) is 24.8 Å². The lowest BCUT2D eigenvalue weighted by atomic mass is 9.93. The van der Waals surface area contributed by atoms with Crippen molar-refractivity contribution in [3.63, 3.8) is 0 Å². The Labute approximate surface area is 198 Å². The second kappa shape index (κ2) is 9.19. The summed E-state index contributed by atoms with van der Waals surface area (Å²) in [5, 5.41) is 7.79. The summed E-state index contributed by atoms with van der Waals surface area (Å²) < 4.78 is 1.73. The summed E-state index contributed by atoms with van der Waals surface area (Å²) in [5.41, 5.74) is 4.53. The van der Waals surface area contributed by atoms with Crippen LogP contribution in [-0.2, 0) is 9.59 Å². The zero-order chi connectivity index (χ0) is 23.5. The third-order valence-electron chi connectivity index (χ3n) is 5.90. The predicted octanol–water partition coefficient (Wildman–Crippen LogP) is 5.44. The van der Waals surface area contributed by atoms with Gasteiger partial charge in [-0.15, -0.1) is 0 Å². The highest BCUT2D eigenvalue weighted by Crippen LogP contribution is 2.33.